The van der Waals surface area contributed by atoms with E-state index in [1.54, 1.807) is 0 Å². The van der Waals surface area contributed by atoms with Gasteiger partial charge in [0.1, 0.15) is 0 Å². The first-order valence-corrected chi connectivity index (χ1v) is 4.97. The average molecular weight is 420 g/mol. The van der Waals surface area contributed by atoms with Crippen molar-refractivity contribution in [1.82, 2.24) is 5.06 Å². The number of hydroxylamine groups is 2. The molecule has 0 aromatic heterocycles. The Hall–Kier alpha value is -0.240. The molecule has 14 heteroatoms. The van der Waals surface area contributed by atoms with Crippen LogP contribution in [0.5, 0.6) is 0 Å². The van der Waals surface area contributed by atoms with E-state index < -0.39 is 26.8 Å². The number of rotatable bonds is 6. The molecule has 0 bridgehead atoms. The van der Waals surface area contributed by atoms with Crippen LogP contribution in [0, 0.1) is 4.91 Å². The number of nitrogens with zero attached hydrogens (tertiary/aromatic N) is 2. The first kappa shape index (κ1) is 17.8. The Bertz CT molecular complexity index is 289. The van der Waals surface area contributed by atoms with Crippen LogP contribution >= 0.6 is 31.9 Å². The molecule has 0 aliphatic heterocycles. The number of halogens is 10. The Labute approximate surface area is 109 Å². The van der Waals surface area contributed by atoms with E-state index in [2.05, 4.69) is 4.94 Å². The van der Waals surface area contributed by atoms with Crippen molar-refractivity contribution < 1.29 is 40.1 Å². The van der Waals surface area contributed by atoms with Crippen molar-refractivity contribution in [3.8, 4) is 0 Å². The first-order valence-electron chi connectivity index (χ1n) is 3.38. The molecule has 0 fully saturated rings. The maximum absolute atomic E-state index is 12.8. The quantitative estimate of drug-likeness (QED) is 0.214. The lowest BCUT2D eigenvalue weighted by Gasteiger charge is -2.35. The predicted octanol–water partition coefficient (Wildman–Crippen LogP) is 4.06. The minimum atomic E-state index is -6.01. The normalized spacial score (nSPS) is 14.8. The van der Waals surface area contributed by atoms with Gasteiger partial charge in [0.15, 0.2) is 5.34 Å². The molecule has 0 atom stereocenters. The number of alkyl halides is 10. The van der Waals surface area contributed by atoms with E-state index >= 15 is 0 Å². The summed E-state index contributed by atoms with van der Waals surface area (Å²) < 4.78 is 100. The third-order valence-corrected chi connectivity index (χ3v) is 2.26. The van der Waals surface area contributed by atoms with Gasteiger partial charge in [-0.3, -0.25) is 0 Å². The van der Waals surface area contributed by atoms with Crippen LogP contribution in [0.15, 0.2) is 5.34 Å². The van der Waals surface area contributed by atoms with Gasteiger partial charge in [-0.2, -0.15) is 35.1 Å². The summed E-state index contributed by atoms with van der Waals surface area (Å²) >= 11 is 1.98. The van der Waals surface area contributed by atoms with Gasteiger partial charge in [-0.1, -0.05) is 0 Å². The van der Waals surface area contributed by atoms with Crippen molar-refractivity contribution in [2.75, 3.05) is 0 Å². The fraction of sp³-hybridized carbons (Fsp3) is 1.00. The highest BCUT2D eigenvalue weighted by Crippen LogP contribution is 2.51. The molecule has 0 radical (unpaired) electrons. The van der Waals surface area contributed by atoms with E-state index in [-0.39, 0.29) is 0 Å². The summed E-state index contributed by atoms with van der Waals surface area (Å²) in [6, 6.07) is -12.0. The van der Waals surface area contributed by atoms with Crippen LogP contribution in [0.2, 0.25) is 0 Å². The molecule has 0 aliphatic rings. The fourth-order valence-corrected chi connectivity index (χ4v) is 0.865. The zero-order valence-corrected chi connectivity index (χ0v) is 10.7. The SMILES string of the molecule is O=NON(C(F)(F)C(F)(F)Br)C(F)(F)C(F)(F)Br. The minimum Gasteiger partial charge on any atom is -0.248 e. The van der Waals surface area contributed by atoms with Crippen molar-refractivity contribution in [3.63, 3.8) is 0 Å². The Balaban J connectivity index is 5.67. The van der Waals surface area contributed by atoms with Crippen molar-refractivity contribution >= 4 is 31.9 Å². The summed E-state index contributed by atoms with van der Waals surface area (Å²) in [6.45, 7) is 0. The third-order valence-electron chi connectivity index (χ3n) is 1.31. The van der Waals surface area contributed by atoms with Crippen molar-refractivity contribution in [1.29, 1.82) is 0 Å². The molecule has 0 spiro atoms. The Morgan fingerprint density at radius 1 is 0.833 bits per heavy atom. The molecule has 18 heavy (non-hydrogen) atoms. The lowest BCUT2D eigenvalue weighted by molar-refractivity contribution is -0.462. The molecule has 0 heterocycles. The maximum atomic E-state index is 12.8. The van der Waals surface area contributed by atoms with E-state index in [4.69, 9.17) is 0 Å². The van der Waals surface area contributed by atoms with E-state index in [9.17, 15) is 40.0 Å². The number of hydrogen-bond donors (Lipinski definition) is 0. The van der Waals surface area contributed by atoms with Gasteiger partial charge in [-0.25, -0.2) is 4.94 Å². The molecule has 0 saturated heterocycles. The topological polar surface area (TPSA) is 41.9 Å². The lowest BCUT2D eigenvalue weighted by atomic mass is 10.4. The first-order chi connectivity index (χ1) is 7.69. The van der Waals surface area contributed by atoms with Crippen molar-refractivity contribution in [2.45, 2.75) is 21.8 Å². The van der Waals surface area contributed by atoms with E-state index in [1.165, 1.54) is 0 Å². The average Bonchev–Trinajstić information content (AvgIpc) is 2.09. The third kappa shape index (κ3) is 3.20. The van der Waals surface area contributed by atoms with E-state index in [1.807, 2.05) is 0 Å². The molecule has 0 N–H and O–H groups in total. The Morgan fingerprint density at radius 3 is 1.28 bits per heavy atom. The van der Waals surface area contributed by atoms with Gasteiger partial charge in [0, 0.05) is 5.06 Å². The van der Waals surface area contributed by atoms with Gasteiger partial charge in [-0.15, -0.1) is 4.91 Å². The molecule has 0 unspecified atom stereocenters. The van der Waals surface area contributed by atoms with Gasteiger partial charge in [-0.05, 0) is 31.9 Å². The standard InChI is InChI=1S/C4Br2F8N2O2/c5-1(7,8)3(11,12)16(18-15-17)4(13,14)2(6,9)10. The predicted molar refractivity (Wildman–Crippen MR) is 46.4 cm³/mol. The van der Waals surface area contributed by atoms with Crippen LogP contribution in [0.4, 0.5) is 35.1 Å². The number of hydrogen-bond acceptors (Lipinski definition) is 4. The van der Waals surface area contributed by atoms with E-state index in [0.717, 1.165) is 37.2 Å². The Kier molecular flexibility index (Phi) is 4.97. The van der Waals surface area contributed by atoms with Crippen LogP contribution in [-0.4, -0.2) is 26.8 Å². The maximum Gasteiger partial charge on any atom is 0.415 e. The molecule has 108 valence electrons. The van der Waals surface area contributed by atoms with Crippen LogP contribution in [0.25, 0.3) is 0 Å². The van der Waals surface area contributed by atoms with Crippen LogP contribution in [0.1, 0.15) is 0 Å². The molecule has 0 rings (SSSR count). The second kappa shape index (κ2) is 5.03. The van der Waals surface area contributed by atoms with Crippen molar-refractivity contribution in [3.05, 3.63) is 4.91 Å². The van der Waals surface area contributed by atoms with Gasteiger partial charge < -0.3 is 0 Å². The molecule has 4 nitrogen and oxygen atoms in total. The largest absolute Gasteiger partial charge is 0.415 e. The molecule has 0 aromatic carbocycles. The van der Waals surface area contributed by atoms with Gasteiger partial charge in [0.25, 0.3) is 0 Å². The van der Waals surface area contributed by atoms with Crippen LogP contribution in [-0.2, 0) is 4.94 Å². The molecule has 0 amide bonds. The summed E-state index contributed by atoms with van der Waals surface area (Å²) in [5.41, 5.74) is 0. The summed E-state index contributed by atoms with van der Waals surface area (Å²) in [5.74, 6) is 0. The second-order valence-electron chi connectivity index (χ2n) is 2.53. The molecule has 0 aliphatic carbocycles. The molecule has 0 saturated carbocycles. The fourth-order valence-electron chi connectivity index (χ4n) is 0.543. The van der Waals surface area contributed by atoms with Crippen molar-refractivity contribution in [2.24, 2.45) is 5.34 Å². The zero-order valence-electron chi connectivity index (χ0n) is 7.49. The second-order valence-corrected chi connectivity index (χ2v) is 4.52. The van der Waals surface area contributed by atoms with E-state index in [0.29, 0.717) is 0 Å². The Morgan fingerprint density at radius 2 is 1.11 bits per heavy atom. The van der Waals surface area contributed by atoms with Crippen LogP contribution in [0.3, 0.4) is 0 Å². The highest BCUT2D eigenvalue weighted by molar-refractivity contribution is 9.10. The molecular formula is C4Br2F8N2O2. The summed E-state index contributed by atoms with van der Waals surface area (Å²) in [6.07, 6.45) is 0. The molecule has 0 aromatic rings. The van der Waals surface area contributed by atoms with Gasteiger partial charge in [0.2, 0.25) is 0 Å². The highest BCUT2D eigenvalue weighted by Gasteiger charge is 2.74. The minimum absolute atomic E-state index is 0.988. The van der Waals surface area contributed by atoms with Gasteiger partial charge in [0.05, 0.1) is 0 Å². The van der Waals surface area contributed by atoms with Gasteiger partial charge >= 0.3 is 21.8 Å². The summed E-state index contributed by atoms with van der Waals surface area (Å²) in [7, 11) is 0. The monoisotopic (exact) mass is 418 g/mol. The molecular weight excluding hydrogens is 420 g/mol. The summed E-state index contributed by atoms with van der Waals surface area (Å²) in [4.78, 5) is 1.25. The summed E-state index contributed by atoms with van der Waals surface area (Å²) in [5, 5.41) is -1.51. The zero-order chi connectivity index (χ0) is 15.0. The lowest BCUT2D eigenvalue weighted by Crippen LogP contribution is -2.62. The highest BCUT2D eigenvalue weighted by atomic mass is 79.9. The smallest absolute Gasteiger partial charge is 0.248 e. The van der Waals surface area contributed by atoms with Crippen LogP contribution < -0.4 is 0 Å².